The van der Waals surface area contributed by atoms with Crippen LogP contribution in [-0.2, 0) is 14.3 Å². The summed E-state index contributed by atoms with van der Waals surface area (Å²) in [5.74, 6) is -1.08. The number of nitrogens with zero attached hydrogens (tertiary/aromatic N) is 1. The Balaban J connectivity index is 1.57. The number of esters is 1. The van der Waals surface area contributed by atoms with Crippen molar-refractivity contribution < 1.29 is 23.2 Å². The molecule has 6 rings (SSSR count). The molecule has 10 heteroatoms. The lowest BCUT2D eigenvalue weighted by Crippen LogP contribution is -2.18. The molecule has 2 aromatic carbocycles. The summed E-state index contributed by atoms with van der Waals surface area (Å²) in [7, 11) is 0. The van der Waals surface area contributed by atoms with Crippen molar-refractivity contribution >= 4 is 88.0 Å². The Morgan fingerprint density at radius 3 is 2.30 bits per heavy atom. The summed E-state index contributed by atoms with van der Waals surface area (Å²) >= 11 is 2.71. The Bertz CT molecular complexity index is 1980. The molecule has 1 amide bonds. The maximum absolute atomic E-state index is 12.6. The highest BCUT2D eigenvalue weighted by Crippen LogP contribution is 2.37. The Morgan fingerprint density at radius 1 is 0.919 bits per heavy atom. The van der Waals surface area contributed by atoms with Crippen molar-refractivity contribution in [1.82, 2.24) is 0 Å². The second-order valence-corrected chi connectivity index (χ2v) is 9.89. The van der Waals surface area contributed by atoms with Crippen molar-refractivity contribution in [1.29, 1.82) is 5.41 Å². The van der Waals surface area contributed by atoms with Gasteiger partial charge in [0.25, 0.3) is 0 Å². The molecule has 37 heavy (non-hydrogen) atoms. The van der Waals surface area contributed by atoms with Gasteiger partial charge in [0, 0.05) is 32.3 Å². The number of thiophene rings is 2. The number of ether oxygens (including phenoxy) is 1. The second-order valence-electron chi connectivity index (χ2n) is 8.16. The number of nitrogens with one attached hydrogen (secondary N) is 2. The van der Waals surface area contributed by atoms with E-state index in [4.69, 9.17) is 24.0 Å². The Hall–Kier alpha value is -4.28. The number of fused-ring (bicyclic) bond motifs is 6. The molecule has 0 saturated carbocycles. The van der Waals surface area contributed by atoms with E-state index in [9.17, 15) is 9.59 Å². The molecule has 6 aromatic rings. The summed E-state index contributed by atoms with van der Waals surface area (Å²) in [5, 5.41) is 21.0. The first-order valence-corrected chi connectivity index (χ1v) is 13.2. The molecule has 8 nitrogen and oxygen atoms in total. The van der Waals surface area contributed by atoms with E-state index < -0.39 is 18.3 Å². The van der Waals surface area contributed by atoms with Gasteiger partial charge in [-0.3, -0.25) is 15.0 Å². The summed E-state index contributed by atoms with van der Waals surface area (Å²) in [5.41, 5.74) is 1.57. The van der Waals surface area contributed by atoms with E-state index in [-0.39, 0.29) is 17.7 Å². The smallest absolute Gasteiger partial charge is 0.315 e. The number of rotatable bonds is 5. The number of para-hydroxylation sites is 2. The van der Waals surface area contributed by atoms with Gasteiger partial charge in [-0.1, -0.05) is 36.4 Å². The van der Waals surface area contributed by atoms with Crippen LogP contribution in [0.4, 0.5) is 10.0 Å². The molecule has 0 aliphatic heterocycles. The molecule has 0 atom stereocenters. The molecule has 0 fully saturated rings. The molecular weight excluding hydrogens is 510 g/mol. The van der Waals surface area contributed by atoms with Gasteiger partial charge in [-0.05, 0) is 19.1 Å². The van der Waals surface area contributed by atoms with Crippen molar-refractivity contribution in [3.63, 3.8) is 0 Å². The fourth-order valence-corrected chi connectivity index (χ4v) is 6.16. The third kappa shape index (κ3) is 4.09. The number of anilines is 1. The quantitative estimate of drug-likeness (QED) is 0.203. The van der Waals surface area contributed by atoms with Gasteiger partial charge in [0.15, 0.2) is 0 Å². The number of hydrogen-bond acceptors (Lipinski definition) is 9. The first-order chi connectivity index (χ1) is 18.0. The minimum absolute atomic E-state index is 0.0130. The summed E-state index contributed by atoms with van der Waals surface area (Å²) in [6.45, 7) is 1.89. The van der Waals surface area contributed by atoms with E-state index in [0.717, 1.165) is 21.5 Å². The molecule has 2 N–H and O–H groups in total. The zero-order valence-corrected chi connectivity index (χ0v) is 21.1. The molecule has 4 heterocycles. The zero-order chi connectivity index (χ0) is 25.5. The highest BCUT2D eigenvalue weighted by Gasteiger charge is 2.18. The number of hydrogen-bond donors (Lipinski definition) is 2. The monoisotopic (exact) mass is 529 g/mol. The van der Waals surface area contributed by atoms with Crippen LogP contribution >= 0.6 is 22.7 Å². The summed E-state index contributed by atoms with van der Waals surface area (Å²) in [6, 6.07) is 15.2. The van der Waals surface area contributed by atoms with Gasteiger partial charge in [0.2, 0.25) is 17.0 Å². The van der Waals surface area contributed by atoms with E-state index in [1.165, 1.54) is 22.7 Å². The molecule has 0 saturated heterocycles. The van der Waals surface area contributed by atoms with E-state index in [1.807, 2.05) is 59.3 Å². The minimum Gasteiger partial charge on any atom is -0.466 e. The standard InChI is InChI=1S/C27H19N3O5S2/c1-2-33-21(32)11-20(31)29-27-23-17(13-37-27)15-8-4-6-10-19(15)35-25(23)30-26-22-16(12-36-26)14-7-3-5-9-18(14)34-24(22)28/h3-10,12-13,28H,2,11H2,1H3,(H,29,31)/b28-24?,30-25-. The summed E-state index contributed by atoms with van der Waals surface area (Å²) in [6.07, 6.45) is -0.392. The predicted octanol–water partition coefficient (Wildman–Crippen LogP) is 6.21. The average Bonchev–Trinajstić information content (AvgIpc) is 3.50. The SMILES string of the molecule is CCOC(=O)CC(=O)Nc1scc2c1/c(=N/c1scc3c1c(=N)oc1ccccc13)oc1ccccc12. The van der Waals surface area contributed by atoms with Crippen molar-refractivity contribution in [2.45, 2.75) is 13.3 Å². The lowest BCUT2D eigenvalue weighted by atomic mass is 10.1. The van der Waals surface area contributed by atoms with Crippen LogP contribution in [0.15, 0.2) is 73.1 Å². The molecule has 0 spiro atoms. The zero-order valence-electron chi connectivity index (χ0n) is 19.5. The van der Waals surface area contributed by atoms with Crippen LogP contribution < -0.4 is 16.4 Å². The van der Waals surface area contributed by atoms with Crippen molar-refractivity contribution in [2.75, 3.05) is 11.9 Å². The Labute approximate surface area is 216 Å². The third-order valence-electron chi connectivity index (χ3n) is 5.84. The second kappa shape index (κ2) is 9.30. The summed E-state index contributed by atoms with van der Waals surface area (Å²) < 4.78 is 16.9. The normalized spacial score (nSPS) is 12.1. The van der Waals surface area contributed by atoms with Crippen LogP contribution in [0.2, 0.25) is 0 Å². The van der Waals surface area contributed by atoms with Crippen LogP contribution in [0.25, 0.3) is 43.5 Å². The van der Waals surface area contributed by atoms with Gasteiger partial charge in [0.1, 0.15) is 27.6 Å². The van der Waals surface area contributed by atoms with Crippen LogP contribution in [0, 0.1) is 5.41 Å². The maximum atomic E-state index is 12.6. The lowest BCUT2D eigenvalue weighted by Gasteiger charge is -2.05. The Morgan fingerprint density at radius 2 is 1.57 bits per heavy atom. The highest BCUT2D eigenvalue weighted by atomic mass is 32.1. The molecule has 0 radical (unpaired) electrons. The van der Waals surface area contributed by atoms with E-state index in [1.54, 1.807) is 6.92 Å². The first kappa shape index (κ1) is 23.1. The van der Waals surface area contributed by atoms with Crippen LogP contribution in [-0.4, -0.2) is 18.5 Å². The van der Waals surface area contributed by atoms with Crippen molar-refractivity contribution in [3.8, 4) is 0 Å². The first-order valence-electron chi connectivity index (χ1n) is 11.4. The average molecular weight is 530 g/mol. The van der Waals surface area contributed by atoms with Gasteiger partial charge in [-0.2, -0.15) is 0 Å². The van der Waals surface area contributed by atoms with E-state index in [2.05, 4.69) is 5.32 Å². The lowest BCUT2D eigenvalue weighted by molar-refractivity contribution is -0.145. The number of carbonyl (C=O) groups excluding carboxylic acids is 2. The van der Waals surface area contributed by atoms with Gasteiger partial charge in [-0.15, -0.1) is 22.7 Å². The molecule has 184 valence electrons. The maximum Gasteiger partial charge on any atom is 0.315 e. The molecule has 0 aliphatic rings. The number of carbonyl (C=O) groups is 2. The van der Waals surface area contributed by atoms with Gasteiger partial charge in [0.05, 0.1) is 17.4 Å². The van der Waals surface area contributed by atoms with Crippen LogP contribution in [0.1, 0.15) is 13.3 Å². The van der Waals surface area contributed by atoms with E-state index >= 15 is 0 Å². The van der Waals surface area contributed by atoms with Crippen molar-refractivity contribution in [3.05, 3.63) is 70.4 Å². The highest BCUT2D eigenvalue weighted by molar-refractivity contribution is 7.16. The molecule has 0 aliphatic carbocycles. The molecule has 4 aromatic heterocycles. The van der Waals surface area contributed by atoms with Crippen molar-refractivity contribution in [2.24, 2.45) is 4.99 Å². The molecular formula is C27H19N3O5S2. The van der Waals surface area contributed by atoms with Gasteiger partial charge < -0.3 is 18.9 Å². The minimum atomic E-state index is -0.593. The largest absolute Gasteiger partial charge is 0.466 e. The van der Waals surface area contributed by atoms with E-state index in [0.29, 0.717) is 31.9 Å². The summed E-state index contributed by atoms with van der Waals surface area (Å²) in [4.78, 5) is 29.2. The molecule has 0 unspecified atom stereocenters. The fourth-order valence-electron chi connectivity index (χ4n) is 4.27. The van der Waals surface area contributed by atoms with Gasteiger partial charge in [-0.25, -0.2) is 4.99 Å². The predicted molar refractivity (Wildman–Crippen MR) is 144 cm³/mol. The van der Waals surface area contributed by atoms with Crippen LogP contribution in [0.5, 0.6) is 0 Å². The number of benzene rings is 2. The number of amides is 1. The topological polar surface area (TPSA) is 118 Å². The van der Waals surface area contributed by atoms with Crippen LogP contribution in [0.3, 0.4) is 0 Å². The third-order valence-corrected chi connectivity index (χ3v) is 7.61. The van der Waals surface area contributed by atoms with Gasteiger partial charge >= 0.3 is 5.97 Å². The molecule has 0 bridgehead atoms. The Kier molecular flexibility index (Phi) is 5.82. The fraction of sp³-hybridized carbons (Fsp3) is 0.111.